The molecule has 0 saturated carbocycles. The summed E-state index contributed by atoms with van der Waals surface area (Å²) in [6.07, 6.45) is 0. The van der Waals surface area contributed by atoms with Crippen molar-refractivity contribution < 1.29 is 9.84 Å². The van der Waals surface area contributed by atoms with E-state index in [2.05, 4.69) is 5.32 Å². The van der Waals surface area contributed by atoms with Gasteiger partial charge in [-0.2, -0.15) is 0 Å². The predicted molar refractivity (Wildman–Crippen MR) is 87.8 cm³/mol. The molecule has 0 aliphatic carbocycles. The quantitative estimate of drug-likeness (QED) is 0.811. The molecule has 2 rings (SSSR count). The lowest BCUT2D eigenvalue weighted by atomic mass is 10.1. The fraction of sp³-hybridized carbons (Fsp3) is 0.250. The van der Waals surface area contributed by atoms with Crippen molar-refractivity contribution in [2.24, 2.45) is 0 Å². The maximum Gasteiger partial charge on any atom is 0.139 e. The van der Waals surface area contributed by atoms with E-state index in [1.54, 1.807) is 6.07 Å². The molecule has 0 aromatic heterocycles. The van der Waals surface area contributed by atoms with E-state index >= 15 is 0 Å². The van der Waals surface area contributed by atoms with Gasteiger partial charge in [0.15, 0.2) is 0 Å². The van der Waals surface area contributed by atoms with Crippen LogP contribution >= 0.6 is 23.2 Å². The van der Waals surface area contributed by atoms with E-state index in [1.165, 1.54) is 6.07 Å². The second-order valence-corrected chi connectivity index (χ2v) is 5.50. The average molecular weight is 326 g/mol. The molecule has 0 heterocycles. The minimum atomic E-state index is 0.0529. The summed E-state index contributed by atoms with van der Waals surface area (Å²) in [4.78, 5) is 0. The molecule has 0 aliphatic rings. The molecule has 5 heteroatoms. The summed E-state index contributed by atoms with van der Waals surface area (Å²) in [7, 11) is 0. The van der Waals surface area contributed by atoms with Gasteiger partial charge in [-0.1, -0.05) is 23.2 Å². The molecule has 2 N–H and O–H groups in total. The van der Waals surface area contributed by atoms with Crippen molar-refractivity contribution >= 4 is 28.9 Å². The van der Waals surface area contributed by atoms with E-state index in [4.69, 9.17) is 27.9 Å². The highest BCUT2D eigenvalue weighted by Crippen LogP contribution is 2.32. The molecule has 2 aromatic rings. The molecule has 21 heavy (non-hydrogen) atoms. The monoisotopic (exact) mass is 325 g/mol. The first-order valence-corrected chi connectivity index (χ1v) is 7.41. The van der Waals surface area contributed by atoms with Gasteiger partial charge in [-0.15, -0.1) is 0 Å². The van der Waals surface area contributed by atoms with Gasteiger partial charge in [0.25, 0.3) is 0 Å². The second-order valence-electron chi connectivity index (χ2n) is 4.66. The Bertz CT molecular complexity index is 644. The van der Waals surface area contributed by atoms with Crippen LogP contribution in [0.15, 0.2) is 30.3 Å². The van der Waals surface area contributed by atoms with Gasteiger partial charge in [-0.05, 0) is 49.7 Å². The number of benzene rings is 2. The number of phenols is 1. The molecule has 0 amide bonds. The third-order valence-electron chi connectivity index (χ3n) is 3.09. The van der Waals surface area contributed by atoms with E-state index < -0.39 is 0 Å². The largest absolute Gasteiger partial charge is 0.506 e. The molecule has 2 aromatic carbocycles. The van der Waals surface area contributed by atoms with Gasteiger partial charge in [0.1, 0.15) is 11.5 Å². The fourth-order valence-electron chi connectivity index (χ4n) is 2.04. The molecule has 0 aliphatic heterocycles. The van der Waals surface area contributed by atoms with Crippen molar-refractivity contribution in [1.29, 1.82) is 0 Å². The molecular formula is C16H17Cl2NO2. The van der Waals surface area contributed by atoms with Crippen LogP contribution in [0.3, 0.4) is 0 Å². The van der Waals surface area contributed by atoms with Crippen molar-refractivity contribution in [2.45, 2.75) is 20.4 Å². The van der Waals surface area contributed by atoms with Crippen LogP contribution in [0, 0.1) is 6.92 Å². The highest BCUT2D eigenvalue weighted by atomic mass is 35.5. The van der Waals surface area contributed by atoms with Gasteiger partial charge in [-0.3, -0.25) is 0 Å². The number of halogens is 2. The molecule has 0 atom stereocenters. The molecule has 0 unspecified atom stereocenters. The Kier molecular flexibility index (Phi) is 5.21. The third kappa shape index (κ3) is 3.96. The fourth-order valence-corrected chi connectivity index (χ4v) is 2.57. The van der Waals surface area contributed by atoms with E-state index in [0.29, 0.717) is 23.7 Å². The molecular weight excluding hydrogens is 309 g/mol. The van der Waals surface area contributed by atoms with Crippen LogP contribution in [0.2, 0.25) is 10.0 Å². The van der Waals surface area contributed by atoms with Crippen molar-refractivity contribution in [3.05, 3.63) is 51.5 Å². The number of aromatic hydroxyl groups is 1. The molecule has 0 fully saturated rings. The number of rotatable bonds is 5. The summed E-state index contributed by atoms with van der Waals surface area (Å²) in [5, 5.41) is 13.9. The molecule has 0 spiro atoms. The summed E-state index contributed by atoms with van der Waals surface area (Å²) in [5.41, 5.74) is 2.68. The number of nitrogens with one attached hydrogen (secondary N) is 1. The molecule has 0 radical (unpaired) electrons. The zero-order valence-corrected chi connectivity index (χ0v) is 13.4. The van der Waals surface area contributed by atoms with Gasteiger partial charge >= 0.3 is 0 Å². The van der Waals surface area contributed by atoms with Crippen LogP contribution in [0.5, 0.6) is 11.5 Å². The minimum absolute atomic E-state index is 0.0529. The Labute approximate surface area is 134 Å². The van der Waals surface area contributed by atoms with Gasteiger partial charge in [0.05, 0.1) is 11.6 Å². The summed E-state index contributed by atoms with van der Waals surface area (Å²) < 4.78 is 5.45. The van der Waals surface area contributed by atoms with Crippen LogP contribution in [-0.2, 0) is 6.54 Å². The van der Waals surface area contributed by atoms with Gasteiger partial charge in [0.2, 0.25) is 0 Å². The highest BCUT2D eigenvalue weighted by Gasteiger charge is 2.08. The van der Waals surface area contributed by atoms with Crippen LogP contribution in [0.25, 0.3) is 0 Å². The number of hydrogen-bond donors (Lipinski definition) is 2. The normalized spacial score (nSPS) is 10.5. The summed E-state index contributed by atoms with van der Waals surface area (Å²) >= 11 is 11.9. The standard InChI is InChI=1S/C16H17Cl2NO2/c1-3-21-13-4-5-15(10(2)6-13)19-9-11-7-12(17)8-14(18)16(11)20/h4-8,19-20H,3,9H2,1-2H3. The van der Waals surface area contributed by atoms with Crippen molar-refractivity contribution in [2.75, 3.05) is 11.9 Å². The topological polar surface area (TPSA) is 41.5 Å². The predicted octanol–water partition coefficient (Wildman–Crippen LogP) is 5.02. The van der Waals surface area contributed by atoms with Crippen LogP contribution in [0.4, 0.5) is 5.69 Å². The highest BCUT2D eigenvalue weighted by molar-refractivity contribution is 6.35. The maximum atomic E-state index is 9.93. The van der Waals surface area contributed by atoms with Gasteiger partial charge in [0, 0.05) is 22.8 Å². The summed E-state index contributed by atoms with van der Waals surface area (Å²) in [6, 6.07) is 9.04. The number of ether oxygens (including phenoxy) is 1. The number of phenolic OH excluding ortho intramolecular Hbond substituents is 1. The first-order chi connectivity index (χ1) is 10.0. The lowest BCUT2D eigenvalue weighted by molar-refractivity contribution is 0.340. The molecule has 0 saturated heterocycles. The maximum absolute atomic E-state index is 9.93. The summed E-state index contributed by atoms with van der Waals surface area (Å²) in [6.45, 7) is 5.02. The third-order valence-corrected chi connectivity index (χ3v) is 3.59. The smallest absolute Gasteiger partial charge is 0.139 e. The SMILES string of the molecule is CCOc1ccc(NCc2cc(Cl)cc(Cl)c2O)c(C)c1. The van der Waals surface area contributed by atoms with Gasteiger partial charge < -0.3 is 15.2 Å². The van der Waals surface area contributed by atoms with Crippen molar-refractivity contribution in [3.63, 3.8) is 0 Å². The Morgan fingerprint density at radius 1 is 1.19 bits per heavy atom. The van der Waals surface area contributed by atoms with Crippen LogP contribution in [0.1, 0.15) is 18.1 Å². The van der Waals surface area contributed by atoms with Crippen LogP contribution in [-0.4, -0.2) is 11.7 Å². The number of hydrogen-bond acceptors (Lipinski definition) is 3. The lowest BCUT2D eigenvalue weighted by Crippen LogP contribution is -2.02. The van der Waals surface area contributed by atoms with E-state index in [9.17, 15) is 5.11 Å². The minimum Gasteiger partial charge on any atom is -0.506 e. The lowest BCUT2D eigenvalue weighted by Gasteiger charge is -2.13. The Balaban J connectivity index is 2.13. The van der Waals surface area contributed by atoms with Crippen molar-refractivity contribution in [3.8, 4) is 11.5 Å². The second kappa shape index (κ2) is 6.92. The first-order valence-electron chi connectivity index (χ1n) is 6.65. The zero-order chi connectivity index (χ0) is 15.4. The van der Waals surface area contributed by atoms with E-state index in [1.807, 2.05) is 32.0 Å². The Morgan fingerprint density at radius 3 is 2.62 bits per heavy atom. The molecule has 3 nitrogen and oxygen atoms in total. The first kappa shape index (κ1) is 15.8. The molecule has 0 bridgehead atoms. The Morgan fingerprint density at radius 2 is 1.95 bits per heavy atom. The molecule has 112 valence electrons. The average Bonchev–Trinajstić information content (AvgIpc) is 2.43. The van der Waals surface area contributed by atoms with Crippen molar-refractivity contribution in [1.82, 2.24) is 0 Å². The number of anilines is 1. The van der Waals surface area contributed by atoms with E-state index in [-0.39, 0.29) is 10.8 Å². The zero-order valence-electron chi connectivity index (χ0n) is 11.9. The summed E-state index contributed by atoms with van der Waals surface area (Å²) in [5.74, 6) is 0.895. The number of aryl methyl sites for hydroxylation is 1. The van der Waals surface area contributed by atoms with Gasteiger partial charge in [-0.25, -0.2) is 0 Å². The van der Waals surface area contributed by atoms with E-state index in [0.717, 1.165) is 17.0 Å². The van der Waals surface area contributed by atoms with Crippen LogP contribution < -0.4 is 10.1 Å². The Hall–Kier alpha value is -1.58.